The molecule has 112 valence electrons. The topological polar surface area (TPSA) is 35.6 Å². The van der Waals surface area contributed by atoms with Crippen LogP contribution < -0.4 is 5.32 Å². The molecule has 0 aromatic rings. The zero-order valence-electron chi connectivity index (χ0n) is 12.6. The third-order valence-corrected chi connectivity index (χ3v) is 6.24. The van der Waals surface area contributed by atoms with Crippen molar-refractivity contribution in [3.8, 4) is 0 Å². The summed E-state index contributed by atoms with van der Waals surface area (Å²) in [4.78, 5) is 17.4. The van der Waals surface area contributed by atoms with Crippen LogP contribution >= 0.6 is 0 Å². The fourth-order valence-electron chi connectivity index (χ4n) is 4.46. The van der Waals surface area contributed by atoms with Crippen molar-refractivity contribution >= 4 is 5.91 Å². The lowest BCUT2D eigenvalue weighted by molar-refractivity contribution is -0.134. The molecule has 2 heterocycles. The summed E-state index contributed by atoms with van der Waals surface area (Å²) in [6, 6.07) is 1.32. The molecule has 2 aliphatic carbocycles. The number of piperidine rings is 1. The van der Waals surface area contributed by atoms with E-state index in [0.29, 0.717) is 23.3 Å². The van der Waals surface area contributed by atoms with Crippen molar-refractivity contribution in [3.63, 3.8) is 0 Å². The molecular formula is C16H27N3O. The summed E-state index contributed by atoms with van der Waals surface area (Å²) >= 11 is 0. The van der Waals surface area contributed by atoms with Gasteiger partial charge in [-0.2, -0.15) is 0 Å². The molecule has 4 nitrogen and oxygen atoms in total. The lowest BCUT2D eigenvalue weighted by Crippen LogP contribution is -2.41. The smallest absolute Gasteiger partial charge is 0.226 e. The Kier molecular flexibility index (Phi) is 3.08. The van der Waals surface area contributed by atoms with Gasteiger partial charge < -0.3 is 10.2 Å². The predicted octanol–water partition coefficient (Wildman–Crippen LogP) is 1.07. The minimum absolute atomic E-state index is 0.338. The highest BCUT2D eigenvalue weighted by molar-refractivity contribution is 5.83. The third kappa shape index (κ3) is 2.17. The molecule has 2 unspecified atom stereocenters. The Morgan fingerprint density at radius 2 is 2.00 bits per heavy atom. The van der Waals surface area contributed by atoms with Crippen LogP contribution in [0.25, 0.3) is 0 Å². The number of nitrogens with zero attached hydrogens (tertiary/aromatic N) is 2. The molecule has 4 heteroatoms. The van der Waals surface area contributed by atoms with Gasteiger partial charge in [0, 0.05) is 38.1 Å². The van der Waals surface area contributed by atoms with Crippen LogP contribution in [0.15, 0.2) is 0 Å². The van der Waals surface area contributed by atoms with Crippen LogP contribution in [-0.4, -0.2) is 61.0 Å². The molecule has 0 aromatic carbocycles. The van der Waals surface area contributed by atoms with E-state index in [1.165, 1.54) is 38.6 Å². The van der Waals surface area contributed by atoms with Gasteiger partial charge in [-0.25, -0.2) is 0 Å². The molecule has 0 aromatic heterocycles. The van der Waals surface area contributed by atoms with Crippen molar-refractivity contribution in [3.05, 3.63) is 0 Å². The summed E-state index contributed by atoms with van der Waals surface area (Å²) in [5.41, 5.74) is 0.380. The van der Waals surface area contributed by atoms with E-state index >= 15 is 0 Å². The van der Waals surface area contributed by atoms with Gasteiger partial charge >= 0.3 is 0 Å². The maximum atomic E-state index is 12.7. The molecular weight excluding hydrogens is 250 g/mol. The number of carbonyl (C=O) groups excluding carboxylic acids is 1. The van der Waals surface area contributed by atoms with Gasteiger partial charge in [0.2, 0.25) is 5.91 Å². The fourth-order valence-corrected chi connectivity index (χ4v) is 4.46. The zero-order valence-corrected chi connectivity index (χ0v) is 12.6. The summed E-state index contributed by atoms with van der Waals surface area (Å²) in [5.74, 6) is 0.777. The van der Waals surface area contributed by atoms with E-state index in [2.05, 4.69) is 22.2 Å². The highest BCUT2D eigenvalue weighted by Gasteiger charge is 2.58. The number of nitrogens with one attached hydrogen (secondary N) is 1. The van der Waals surface area contributed by atoms with E-state index in [9.17, 15) is 4.79 Å². The van der Waals surface area contributed by atoms with E-state index in [4.69, 9.17) is 0 Å². The zero-order chi connectivity index (χ0) is 13.7. The Hall–Kier alpha value is -0.610. The Labute approximate surface area is 121 Å². The average Bonchev–Trinajstić information content (AvgIpc) is 3.38. The molecule has 0 bridgehead atoms. The second-order valence-corrected chi connectivity index (χ2v) is 7.49. The maximum absolute atomic E-state index is 12.7. The molecule has 1 spiro atoms. The molecule has 4 fully saturated rings. The Morgan fingerprint density at radius 1 is 1.25 bits per heavy atom. The monoisotopic (exact) mass is 277 g/mol. The van der Waals surface area contributed by atoms with E-state index < -0.39 is 0 Å². The van der Waals surface area contributed by atoms with Gasteiger partial charge in [-0.3, -0.25) is 9.69 Å². The molecule has 1 amide bonds. The Balaban J connectivity index is 1.34. The van der Waals surface area contributed by atoms with E-state index in [0.717, 1.165) is 32.1 Å². The largest absolute Gasteiger partial charge is 0.341 e. The molecule has 4 aliphatic rings. The van der Waals surface area contributed by atoms with Crippen molar-refractivity contribution in [1.82, 2.24) is 15.1 Å². The predicted molar refractivity (Wildman–Crippen MR) is 78.4 cm³/mol. The van der Waals surface area contributed by atoms with Gasteiger partial charge in [-0.15, -0.1) is 0 Å². The van der Waals surface area contributed by atoms with Gasteiger partial charge in [0.15, 0.2) is 0 Å². The molecule has 20 heavy (non-hydrogen) atoms. The van der Waals surface area contributed by atoms with Crippen molar-refractivity contribution in [2.24, 2.45) is 11.3 Å². The number of rotatable bonds is 3. The SMILES string of the molecule is CN(C(=O)C1CC12CCNCC2)C1CCN(C2CC2)C1. The van der Waals surface area contributed by atoms with Crippen LogP contribution in [0.2, 0.25) is 0 Å². The van der Waals surface area contributed by atoms with E-state index in [-0.39, 0.29) is 0 Å². The Morgan fingerprint density at radius 3 is 2.70 bits per heavy atom. The van der Waals surface area contributed by atoms with Crippen LogP contribution in [-0.2, 0) is 4.79 Å². The van der Waals surface area contributed by atoms with Crippen LogP contribution in [0, 0.1) is 11.3 Å². The molecule has 1 N–H and O–H groups in total. The fraction of sp³-hybridized carbons (Fsp3) is 0.938. The molecule has 2 atom stereocenters. The van der Waals surface area contributed by atoms with Crippen molar-refractivity contribution < 1.29 is 4.79 Å². The third-order valence-electron chi connectivity index (χ3n) is 6.24. The van der Waals surface area contributed by atoms with Gasteiger partial charge in [0.25, 0.3) is 0 Å². The summed E-state index contributed by atoms with van der Waals surface area (Å²) in [6.45, 7) is 4.53. The minimum Gasteiger partial charge on any atom is -0.341 e. The van der Waals surface area contributed by atoms with Crippen molar-refractivity contribution in [2.45, 2.75) is 50.6 Å². The highest BCUT2D eigenvalue weighted by Crippen LogP contribution is 2.59. The second kappa shape index (κ2) is 4.70. The van der Waals surface area contributed by atoms with Gasteiger partial charge in [-0.05, 0) is 57.0 Å². The first-order chi connectivity index (χ1) is 9.70. The molecule has 2 saturated heterocycles. The highest BCUT2D eigenvalue weighted by atomic mass is 16.2. The normalized spacial score (nSPS) is 36.2. The number of carbonyl (C=O) groups is 1. The molecule has 2 aliphatic heterocycles. The van der Waals surface area contributed by atoms with Crippen LogP contribution in [0.4, 0.5) is 0 Å². The standard InChI is InChI=1S/C16H27N3O/c1-18(13-4-9-19(11-13)12-2-3-12)15(20)14-10-16(14)5-7-17-8-6-16/h12-14,17H,2-11H2,1H3. The first-order valence-corrected chi connectivity index (χ1v) is 8.41. The first kappa shape index (κ1) is 13.1. The van der Waals surface area contributed by atoms with Crippen molar-refractivity contribution in [2.75, 3.05) is 33.2 Å². The number of likely N-dealkylation sites (tertiary alicyclic amines) is 1. The molecule has 2 saturated carbocycles. The summed E-state index contributed by atoms with van der Waals surface area (Å²) in [5, 5.41) is 3.42. The van der Waals surface area contributed by atoms with Gasteiger partial charge in [0.1, 0.15) is 0 Å². The lowest BCUT2D eigenvalue weighted by atomic mass is 9.91. The molecule has 4 rings (SSSR count). The first-order valence-electron chi connectivity index (χ1n) is 8.41. The summed E-state index contributed by atoms with van der Waals surface area (Å²) in [6.07, 6.45) is 7.50. The van der Waals surface area contributed by atoms with Crippen LogP contribution in [0.1, 0.15) is 38.5 Å². The van der Waals surface area contributed by atoms with E-state index in [1.807, 2.05) is 0 Å². The molecule has 0 radical (unpaired) electrons. The Bertz CT molecular complexity index is 401. The average molecular weight is 277 g/mol. The number of amides is 1. The number of hydrogen-bond donors (Lipinski definition) is 1. The van der Waals surface area contributed by atoms with E-state index in [1.54, 1.807) is 0 Å². The maximum Gasteiger partial charge on any atom is 0.226 e. The number of hydrogen-bond acceptors (Lipinski definition) is 3. The second-order valence-electron chi connectivity index (χ2n) is 7.49. The number of likely N-dealkylation sites (N-methyl/N-ethyl adjacent to an activating group) is 1. The quantitative estimate of drug-likeness (QED) is 0.838. The lowest BCUT2D eigenvalue weighted by Gasteiger charge is -2.28. The van der Waals surface area contributed by atoms with Crippen molar-refractivity contribution in [1.29, 1.82) is 0 Å². The van der Waals surface area contributed by atoms with Crippen LogP contribution in [0.3, 0.4) is 0 Å². The minimum atomic E-state index is 0.338. The summed E-state index contributed by atoms with van der Waals surface area (Å²) in [7, 11) is 2.05. The van der Waals surface area contributed by atoms with Crippen LogP contribution in [0.5, 0.6) is 0 Å². The summed E-state index contributed by atoms with van der Waals surface area (Å²) < 4.78 is 0. The van der Waals surface area contributed by atoms with Gasteiger partial charge in [0.05, 0.1) is 0 Å². The van der Waals surface area contributed by atoms with Gasteiger partial charge in [-0.1, -0.05) is 0 Å².